The molecule has 0 amide bonds. The van der Waals surface area contributed by atoms with Crippen molar-refractivity contribution in [2.75, 3.05) is 31.3 Å². The Kier molecular flexibility index (Phi) is 9.97. The maximum absolute atomic E-state index is 13.5. The van der Waals surface area contributed by atoms with Gasteiger partial charge in [0.2, 0.25) is 0 Å². The number of hydrogen-bond acceptors (Lipinski definition) is 7. The van der Waals surface area contributed by atoms with Crippen molar-refractivity contribution in [2.24, 2.45) is 11.3 Å². The van der Waals surface area contributed by atoms with E-state index in [4.69, 9.17) is 24.2 Å². The maximum atomic E-state index is 13.5. The van der Waals surface area contributed by atoms with Crippen molar-refractivity contribution >= 4 is 11.7 Å². The van der Waals surface area contributed by atoms with Crippen molar-refractivity contribution < 1.29 is 23.4 Å². The normalized spacial score (nSPS) is 17.2. The van der Waals surface area contributed by atoms with Crippen LogP contribution in [0.4, 0.5) is 10.1 Å². The fourth-order valence-corrected chi connectivity index (χ4v) is 4.57. The summed E-state index contributed by atoms with van der Waals surface area (Å²) in [6.07, 6.45) is 4.27. The van der Waals surface area contributed by atoms with Crippen LogP contribution in [0.3, 0.4) is 0 Å². The molecule has 2 unspecified atom stereocenters. The molecule has 0 spiro atoms. The summed E-state index contributed by atoms with van der Waals surface area (Å²) in [5, 5.41) is 0. The molecule has 0 bridgehead atoms. The molecule has 2 atom stereocenters. The summed E-state index contributed by atoms with van der Waals surface area (Å²) in [4.78, 5) is 25.3. The third-order valence-electron chi connectivity index (χ3n) is 6.83. The fourth-order valence-electron chi connectivity index (χ4n) is 4.57. The Morgan fingerprint density at radius 3 is 2.31 bits per heavy atom. The second kappa shape index (κ2) is 12.6. The summed E-state index contributed by atoms with van der Waals surface area (Å²) in [7, 11) is 0. The largest absolute Gasteiger partial charge is 0.492 e. The first-order chi connectivity index (χ1) is 18.2. The number of anilines is 1. The molecule has 0 aromatic carbocycles. The van der Waals surface area contributed by atoms with Crippen LogP contribution in [-0.4, -0.2) is 54.0 Å². The van der Waals surface area contributed by atoms with Gasteiger partial charge in [-0.2, -0.15) is 0 Å². The first-order valence-corrected chi connectivity index (χ1v) is 14.0. The van der Waals surface area contributed by atoms with Crippen LogP contribution in [0.25, 0.3) is 11.3 Å². The third kappa shape index (κ3) is 8.37. The summed E-state index contributed by atoms with van der Waals surface area (Å²) in [6, 6.07) is 3.72. The number of carbonyl (C=O) groups is 1. The van der Waals surface area contributed by atoms with Gasteiger partial charge in [0, 0.05) is 42.0 Å². The van der Waals surface area contributed by atoms with E-state index in [2.05, 4.69) is 18.7 Å². The minimum atomic E-state index is -0.949. The molecule has 3 heterocycles. The van der Waals surface area contributed by atoms with Crippen molar-refractivity contribution in [3.8, 4) is 17.0 Å². The molecule has 1 fully saturated rings. The van der Waals surface area contributed by atoms with Crippen LogP contribution in [0.1, 0.15) is 85.6 Å². The van der Waals surface area contributed by atoms with Gasteiger partial charge in [-0.1, -0.05) is 20.8 Å². The van der Waals surface area contributed by atoms with Crippen LogP contribution in [-0.2, 0) is 14.3 Å². The lowest BCUT2D eigenvalue weighted by atomic mass is 9.82. The number of alkyl halides is 1. The number of ether oxygens (including phenoxy) is 3. The predicted octanol–water partition coefficient (Wildman–Crippen LogP) is 6.87. The van der Waals surface area contributed by atoms with Gasteiger partial charge < -0.3 is 19.1 Å². The molecule has 1 saturated heterocycles. The van der Waals surface area contributed by atoms with Gasteiger partial charge in [-0.05, 0) is 71.9 Å². The standard InChI is InChI=1S/C31H46FN3O4/c1-20(2)38-29(36)28(39-30(5,6)7)26-22(4)33-18-24(27(26)35-14-12-31(8,9)13-15-35)25-11-10-23(17-34-25)37-19-21(3)16-32/h10-11,17-18,20-21,28H,12-16,19H2,1-9H3. The van der Waals surface area contributed by atoms with E-state index in [0.29, 0.717) is 22.7 Å². The molecule has 0 N–H and O–H groups in total. The molecule has 216 valence electrons. The van der Waals surface area contributed by atoms with Gasteiger partial charge >= 0.3 is 5.97 Å². The average Bonchev–Trinajstić information content (AvgIpc) is 2.85. The summed E-state index contributed by atoms with van der Waals surface area (Å²) in [6.45, 7) is 19.3. The summed E-state index contributed by atoms with van der Waals surface area (Å²) in [5.74, 6) is -0.0387. The van der Waals surface area contributed by atoms with E-state index in [1.807, 2.05) is 59.9 Å². The van der Waals surface area contributed by atoms with Gasteiger partial charge in [0.1, 0.15) is 5.75 Å². The van der Waals surface area contributed by atoms with Crippen molar-refractivity contribution in [2.45, 2.75) is 93.0 Å². The van der Waals surface area contributed by atoms with Crippen LogP contribution < -0.4 is 9.64 Å². The van der Waals surface area contributed by atoms with Crippen LogP contribution in [0, 0.1) is 18.3 Å². The number of piperidine rings is 1. The lowest BCUT2D eigenvalue weighted by Crippen LogP contribution is -2.39. The van der Waals surface area contributed by atoms with E-state index in [9.17, 15) is 9.18 Å². The molecule has 1 aliphatic heterocycles. The molecule has 1 aliphatic rings. The first-order valence-electron chi connectivity index (χ1n) is 14.0. The Morgan fingerprint density at radius 2 is 1.77 bits per heavy atom. The molecular formula is C31H46FN3O4. The van der Waals surface area contributed by atoms with Gasteiger partial charge in [-0.3, -0.25) is 14.4 Å². The predicted molar refractivity (Wildman–Crippen MR) is 153 cm³/mol. The highest BCUT2D eigenvalue weighted by atomic mass is 19.1. The second-order valence-corrected chi connectivity index (χ2v) is 12.7. The number of aromatic nitrogens is 2. The molecule has 2 aromatic rings. The fraction of sp³-hybridized carbons (Fsp3) is 0.645. The number of nitrogens with zero attached hydrogens (tertiary/aromatic N) is 3. The molecule has 0 radical (unpaired) electrons. The lowest BCUT2D eigenvalue weighted by Gasteiger charge is -2.41. The number of carbonyl (C=O) groups excluding carboxylic acids is 1. The SMILES string of the molecule is Cc1ncc(-c2ccc(OCC(C)CF)cn2)c(N2CCC(C)(C)CC2)c1C(OC(C)(C)C)C(=O)OC(C)C. The number of aryl methyl sites for hydroxylation is 1. The Bertz CT molecular complexity index is 1100. The Labute approximate surface area is 233 Å². The van der Waals surface area contributed by atoms with Crippen molar-refractivity contribution in [1.29, 1.82) is 0 Å². The highest BCUT2D eigenvalue weighted by molar-refractivity contribution is 5.86. The zero-order valence-electron chi connectivity index (χ0n) is 25.1. The number of pyridine rings is 2. The Morgan fingerprint density at radius 1 is 1.10 bits per heavy atom. The number of rotatable bonds is 10. The van der Waals surface area contributed by atoms with Gasteiger partial charge in [-0.25, -0.2) is 4.79 Å². The topological polar surface area (TPSA) is 73.8 Å². The minimum Gasteiger partial charge on any atom is -0.492 e. The number of halogens is 1. The minimum absolute atomic E-state index is 0.186. The number of hydrogen-bond donors (Lipinski definition) is 0. The van der Waals surface area contributed by atoms with Gasteiger partial charge in [-0.15, -0.1) is 0 Å². The molecule has 2 aromatic heterocycles. The lowest BCUT2D eigenvalue weighted by molar-refractivity contribution is -0.171. The number of esters is 1. The van der Waals surface area contributed by atoms with Crippen molar-refractivity contribution in [1.82, 2.24) is 9.97 Å². The van der Waals surface area contributed by atoms with E-state index in [-0.39, 0.29) is 24.0 Å². The Balaban J connectivity index is 2.14. The average molecular weight is 544 g/mol. The van der Waals surface area contributed by atoms with Gasteiger partial charge in [0.25, 0.3) is 0 Å². The summed E-state index contributed by atoms with van der Waals surface area (Å²) in [5.41, 5.74) is 3.50. The van der Waals surface area contributed by atoms with E-state index < -0.39 is 24.3 Å². The molecule has 8 heteroatoms. The second-order valence-electron chi connectivity index (χ2n) is 12.7. The zero-order valence-corrected chi connectivity index (χ0v) is 25.1. The molecule has 0 aliphatic carbocycles. The monoisotopic (exact) mass is 543 g/mol. The third-order valence-corrected chi connectivity index (χ3v) is 6.83. The van der Waals surface area contributed by atoms with E-state index in [1.165, 1.54) is 0 Å². The van der Waals surface area contributed by atoms with E-state index in [0.717, 1.165) is 37.2 Å². The maximum Gasteiger partial charge on any atom is 0.340 e. The smallest absolute Gasteiger partial charge is 0.340 e. The van der Waals surface area contributed by atoms with Crippen LogP contribution in [0.2, 0.25) is 0 Å². The molecular weight excluding hydrogens is 497 g/mol. The summed E-state index contributed by atoms with van der Waals surface area (Å²) < 4.78 is 30.7. The molecule has 39 heavy (non-hydrogen) atoms. The van der Waals surface area contributed by atoms with Gasteiger partial charge in [0.05, 0.1) is 42.6 Å². The quantitative estimate of drug-likeness (QED) is 0.303. The highest BCUT2D eigenvalue weighted by Crippen LogP contribution is 2.43. The van der Waals surface area contributed by atoms with Crippen LogP contribution in [0.5, 0.6) is 5.75 Å². The molecule has 0 saturated carbocycles. The van der Waals surface area contributed by atoms with Crippen molar-refractivity contribution in [3.63, 3.8) is 0 Å². The Hall–Kier alpha value is -2.74. The van der Waals surface area contributed by atoms with Crippen LogP contribution >= 0.6 is 0 Å². The first kappa shape index (κ1) is 30.8. The van der Waals surface area contributed by atoms with Crippen molar-refractivity contribution in [3.05, 3.63) is 35.8 Å². The summed E-state index contributed by atoms with van der Waals surface area (Å²) >= 11 is 0. The zero-order chi connectivity index (χ0) is 29.0. The highest BCUT2D eigenvalue weighted by Gasteiger charge is 2.37. The van der Waals surface area contributed by atoms with Crippen LogP contribution in [0.15, 0.2) is 24.5 Å². The molecule has 3 rings (SSSR count). The van der Waals surface area contributed by atoms with Gasteiger partial charge in [0.15, 0.2) is 6.10 Å². The van der Waals surface area contributed by atoms with E-state index >= 15 is 0 Å². The molecule has 7 nitrogen and oxygen atoms in total. The van der Waals surface area contributed by atoms with E-state index in [1.54, 1.807) is 13.1 Å².